The maximum Gasteiger partial charge on any atom is 0.326 e. The number of fused-ring (bicyclic) bond motifs is 2. The van der Waals surface area contributed by atoms with Crippen LogP contribution in [-0.2, 0) is 4.79 Å². The normalized spacial score (nSPS) is 16.8. The molecular formula is C24H24N4O4. The number of carbonyl (C=O) groups excluding carboxylic acids is 3. The molecule has 2 aromatic carbocycles. The molecule has 8 heteroatoms. The van der Waals surface area contributed by atoms with Crippen molar-refractivity contribution in [3.05, 3.63) is 70.1 Å². The fourth-order valence-electron chi connectivity index (χ4n) is 4.80. The average Bonchev–Trinajstić information content (AvgIpc) is 3.28. The molecule has 2 aliphatic rings. The molecule has 1 saturated heterocycles. The second-order valence-corrected chi connectivity index (χ2v) is 8.34. The Morgan fingerprint density at radius 1 is 0.906 bits per heavy atom. The van der Waals surface area contributed by atoms with Crippen LogP contribution in [0.4, 0.5) is 0 Å². The maximum absolute atomic E-state index is 12.7. The molecule has 3 aromatic rings. The van der Waals surface area contributed by atoms with Gasteiger partial charge in [0.25, 0.3) is 11.8 Å². The van der Waals surface area contributed by atoms with Crippen molar-refractivity contribution in [2.24, 2.45) is 0 Å². The highest BCUT2D eigenvalue weighted by Gasteiger charge is 2.34. The highest BCUT2D eigenvalue weighted by molar-refractivity contribution is 6.21. The van der Waals surface area contributed by atoms with Gasteiger partial charge in [0.1, 0.15) is 0 Å². The van der Waals surface area contributed by atoms with Gasteiger partial charge in [0.05, 0.1) is 22.2 Å². The largest absolute Gasteiger partial charge is 0.343 e. The molecule has 1 aromatic heterocycles. The van der Waals surface area contributed by atoms with E-state index in [1.807, 2.05) is 29.2 Å². The van der Waals surface area contributed by atoms with Crippen LogP contribution in [0.1, 0.15) is 52.4 Å². The summed E-state index contributed by atoms with van der Waals surface area (Å²) in [5.74, 6) is -0.558. The number of carbonyl (C=O) groups is 3. The lowest BCUT2D eigenvalue weighted by atomic mass is 10.0. The van der Waals surface area contributed by atoms with Crippen LogP contribution in [0.3, 0.4) is 0 Å². The number of likely N-dealkylation sites (tertiary alicyclic amines) is 1. The average molecular weight is 432 g/mol. The van der Waals surface area contributed by atoms with Gasteiger partial charge in [0.2, 0.25) is 5.91 Å². The van der Waals surface area contributed by atoms with Gasteiger partial charge in [-0.1, -0.05) is 24.3 Å². The molecule has 0 unspecified atom stereocenters. The predicted molar refractivity (Wildman–Crippen MR) is 118 cm³/mol. The zero-order valence-corrected chi connectivity index (χ0v) is 17.6. The number of imidazole rings is 1. The smallest absolute Gasteiger partial charge is 0.326 e. The van der Waals surface area contributed by atoms with Crippen LogP contribution in [0.2, 0.25) is 0 Å². The molecule has 5 rings (SSSR count). The number of nitrogens with one attached hydrogen (secondary N) is 1. The van der Waals surface area contributed by atoms with Crippen LogP contribution in [0, 0.1) is 0 Å². The second-order valence-electron chi connectivity index (χ2n) is 8.34. The number of hydrogen-bond donors (Lipinski definition) is 1. The Bertz CT molecular complexity index is 1230. The quantitative estimate of drug-likeness (QED) is 0.627. The van der Waals surface area contributed by atoms with E-state index >= 15 is 0 Å². The molecule has 0 bridgehead atoms. The third-order valence-electron chi connectivity index (χ3n) is 6.46. The number of amides is 3. The van der Waals surface area contributed by atoms with Crippen molar-refractivity contribution in [3.8, 4) is 0 Å². The van der Waals surface area contributed by atoms with Crippen molar-refractivity contribution in [1.82, 2.24) is 19.4 Å². The Morgan fingerprint density at radius 3 is 2.22 bits per heavy atom. The van der Waals surface area contributed by atoms with Gasteiger partial charge in [0.15, 0.2) is 0 Å². The van der Waals surface area contributed by atoms with Crippen LogP contribution in [0.5, 0.6) is 0 Å². The third kappa shape index (κ3) is 3.41. The summed E-state index contributed by atoms with van der Waals surface area (Å²) in [6.07, 6.45) is 2.15. The number of nitrogens with zero attached hydrogens (tertiary/aromatic N) is 3. The van der Waals surface area contributed by atoms with Crippen LogP contribution in [0.25, 0.3) is 11.0 Å². The van der Waals surface area contributed by atoms with Gasteiger partial charge in [0, 0.05) is 32.1 Å². The van der Waals surface area contributed by atoms with E-state index in [-0.39, 0.29) is 42.4 Å². The van der Waals surface area contributed by atoms with Crippen molar-refractivity contribution in [1.29, 1.82) is 0 Å². The number of imide groups is 1. The summed E-state index contributed by atoms with van der Waals surface area (Å²) in [7, 11) is 0. The van der Waals surface area contributed by atoms with Crippen LogP contribution in [-0.4, -0.2) is 56.7 Å². The summed E-state index contributed by atoms with van der Waals surface area (Å²) in [6, 6.07) is 14.5. The molecule has 0 spiro atoms. The molecule has 1 N–H and O–H groups in total. The molecule has 0 radical (unpaired) electrons. The molecule has 164 valence electrons. The molecule has 0 saturated carbocycles. The maximum atomic E-state index is 12.7. The Balaban J connectivity index is 1.15. The summed E-state index contributed by atoms with van der Waals surface area (Å²) in [6.45, 7) is 1.41. The zero-order chi connectivity index (χ0) is 22.2. The van der Waals surface area contributed by atoms with Gasteiger partial charge >= 0.3 is 5.69 Å². The van der Waals surface area contributed by atoms with Crippen molar-refractivity contribution >= 4 is 28.8 Å². The van der Waals surface area contributed by atoms with Gasteiger partial charge in [-0.2, -0.15) is 0 Å². The lowest BCUT2D eigenvalue weighted by Crippen LogP contribution is -2.40. The number of H-pyrrole nitrogens is 1. The number of aromatic nitrogens is 2. The minimum absolute atomic E-state index is 0.0198. The van der Waals surface area contributed by atoms with E-state index in [1.54, 1.807) is 28.8 Å². The zero-order valence-electron chi connectivity index (χ0n) is 17.6. The monoisotopic (exact) mass is 432 g/mol. The van der Waals surface area contributed by atoms with Gasteiger partial charge in [-0.3, -0.25) is 23.9 Å². The number of aromatic amines is 1. The van der Waals surface area contributed by atoms with Crippen molar-refractivity contribution < 1.29 is 14.4 Å². The fraction of sp³-hybridized carbons (Fsp3) is 0.333. The van der Waals surface area contributed by atoms with E-state index in [4.69, 9.17) is 0 Å². The van der Waals surface area contributed by atoms with E-state index in [0.29, 0.717) is 43.5 Å². The van der Waals surface area contributed by atoms with E-state index in [2.05, 4.69) is 4.98 Å². The van der Waals surface area contributed by atoms with Crippen LogP contribution >= 0.6 is 0 Å². The Labute approximate surface area is 184 Å². The Kier molecular flexibility index (Phi) is 5.13. The summed E-state index contributed by atoms with van der Waals surface area (Å²) in [5, 5.41) is 0. The minimum Gasteiger partial charge on any atom is -0.343 e. The van der Waals surface area contributed by atoms with E-state index in [9.17, 15) is 19.2 Å². The van der Waals surface area contributed by atoms with Gasteiger partial charge in [-0.05, 0) is 43.5 Å². The first-order valence-corrected chi connectivity index (χ1v) is 11.0. The lowest BCUT2D eigenvalue weighted by Gasteiger charge is -2.32. The molecule has 8 nitrogen and oxygen atoms in total. The van der Waals surface area contributed by atoms with Gasteiger partial charge < -0.3 is 9.88 Å². The number of para-hydroxylation sites is 2. The van der Waals surface area contributed by atoms with Crippen molar-refractivity contribution in [2.75, 3.05) is 19.6 Å². The minimum atomic E-state index is -0.289. The number of hydrogen-bond acceptors (Lipinski definition) is 4. The topological polar surface area (TPSA) is 95.5 Å². The summed E-state index contributed by atoms with van der Waals surface area (Å²) in [5.41, 5.74) is 2.46. The Morgan fingerprint density at radius 2 is 1.53 bits per heavy atom. The molecule has 0 atom stereocenters. The fourth-order valence-corrected chi connectivity index (χ4v) is 4.80. The first-order valence-electron chi connectivity index (χ1n) is 11.0. The third-order valence-corrected chi connectivity index (χ3v) is 6.46. The number of rotatable bonds is 5. The summed E-state index contributed by atoms with van der Waals surface area (Å²) >= 11 is 0. The molecule has 32 heavy (non-hydrogen) atoms. The molecule has 3 amide bonds. The Hall–Kier alpha value is -3.68. The summed E-state index contributed by atoms with van der Waals surface area (Å²) < 4.78 is 1.80. The molecular weight excluding hydrogens is 408 g/mol. The lowest BCUT2D eigenvalue weighted by molar-refractivity contribution is -0.132. The van der Waals surface area contributed by atoms with Gasteiger partial charge in [-0.15, -0.1) is 0 Å². The molecule has 1 fully saturated rings. The number of piperidine rings is 1. The highest BCUT2D eigenvalue weighted by Crippen LogP contribution is 2.26. The van der Waals surface area contributed by atoms with E-state index in [1.165, 1.54) is 4.90 Å². The van der Waals surface area contributed by atoms with E-state index < -0.39 is 0 Å². The first kappa shape index (κ1) is 20.2. The predicted octanol–water partition coefficient (Wildman–Crippen LogP) is 2.57. The molecule has 2 aliphatic heterocycles. The van der Waals surface area contributed by atoms with Crippen molar-refractivity contribution in [3.63, 3.8) is 0 Å². The van der Waals surface area contributed by atoms with Crippen LogP contribution < -0.4 is 5.69 Å². The number of benzene rings is 2. The van der Waals surface area contributed by atoms with Gasteiger partial charge in [-0.25, -0.2) is 4.79 Å². The standard InChI is InChI=1S/C24H24N4O4/c29-21(10-5-13-27-22(30)17-6-1-2-7-18(17)23(27)31)26-14-11-16(12-15-26)28-20-9-4-3-8-19(20)25-24(28)32/h1-4,6-9,16H,5,10-15H2,(H,25,32). The van der Waals surface area contributed by atoms with E-state index in [0.717, 1.165) is 11.0 Å². The van der Waals surface area contributed by atoms with Crippen molar-refractivity contribution in [2.45, 2.75) is 31.7 Å². The molecule has 3 heterocycles. The summed E-state index contributed by atoms with van der Waals surface area (Å²) in [4.78, 5) is 55.9. The first-order chi connectivity index (χ1) is 15.5. The molecule has 0 aliphatic carbocycles. The SMILES string of the molecule is O=C(CCCN1C(=O)c2ccccc2C1=O)N1CCC(n2c(=O)[nH]c3ccccc32)CC1. The highest BCUT2D eigenvalue weighted by atomic mass is 16.2. The van der Waals surface area contributed by atoms with Crippen LogP contribution in [0.15, 0.2) is 53.3 Å². The second kappa shape index (κ2) is 8.11.